The number of hydrogen-bond acceptors (Lipinski definition) is 5. The Labute approximate surface area is 128 Å². The van der Waals surface area contributed by atoms with Crippen LogP contribution in [0.1, 0.15) is 51.9 Å². The molecule has 0 aliphatic carbocycles. The quantitative estimate of drug-likeness (QED) is 0.874. The molecule has 3 heterocycles. The fourth-order valence-corrected chi connectivity index (χ4v) is 3.49. The van der Waals surface area contributed by atoms with Crippen molar-refractivity contribution in [2.75, 3.05) is 13.1 Å². The van der Waals surface area contributed by atoms with Crippen molar-refractivity contribution in [2.45, 2.75) is 39.0 Å². The van der Waals surface area contributed by atoms with Crippen molar-refractivity contribution in [3.63, 3.8) is 0 Å². The Bertz CT molecular complexity index is 634. The standard InChI is InChI=1S/C15H19N3O2S/c1-3-13-16-14(17-20-13)11-5-4-8-18(9-11)15(19)12-7-6-10(2)21-12/h6-7,11H,3-5,8-9H2,1-2H3/t11-/m0/s1. The molecule has 0 aromatic carbocycles. The molecule has 2 aromatic heterocycles. The van der Waals surface area contributed by atoms with E-state index in [2.05, 4.69) is 10.1 Å². The van der Waals surface area contributed by atoms with Crippen LogP contribution in [0.15, 0.2) is 16.7 Å². The lowest BCUT2D eigenvalue weighted by molar-refractivity contribution is 0.0708. The molecular weight excluding hydrogens is 286 g/mol. The Morgan fingerprint density at radius 1 is 1.52 bits per heavy atom. The summed E-state index contributed by atoms with van der Waals surface area (Å²) >= 11 is 1.55. The first-order valence-electron chi connectivity index (χ1n) is 7.35. The minimum Gasteiger partial charge on any atom is -0.339 e. The predicted molar refractivity (Wildman–Crippen MR) is 80.6 cm³/mol. The first-order chi connectivity index (χ1) is 10.2. The summed E-state index contributed by atoms with van der Waals surface area (Å²) < 4.78 is 5.19. The summed E-state index contributed by atoms with van der Waals surface area (Å²) in [6.07, 6.45) is 2.74. The van der Waals surface area contributed by atoms with Gasteiger partial charge in [-0.15, -0.1) is 11.3 Å². The van der Waals surface area contributed by atoms with Crippen LogP contribution in [0.4, 0.5) is 0 Å². The molecule has 0 unspecified atom stereocenters. The number of amides is 1. The summed E-state index contributed by atoms with van der Waals surface area (Å²) in [6.45, 7) is 5.50. The van der Waals surface area contributed by atoms with Crippen LogP contribution < -0.4 is 0 Å². The van der Waals surface area contributed by atoms with Gasteiger partial charge in [0.1, 0.15) is 0 Å². The van der Waals surface area contributed by atoms with Gasteiger partial charge in [0.2, 0.25) is 5.89 Å². The highest BCUT2D eigenvalue weighted by Gasteiger charge is 2.28. The highest BCUT2D eigenvalue weighted by Crippen LogP contribution is 2.27. The van der Waals surface area contributed by atoms with Crippen LogP contribution >= 0.6 is 11.3 Å². The molecule has 1 fully saturated rings. The van der Waals surface area contributed by atoms with Crippen LogP contribution in [0.3, 0.4) is 0 Å². The van der Waals surface area contributed by atoms with E-state index in [0.29, 0.717) is 12.4 Å². The highest BCUT2D eigenvalue weighted by molar-refractivity contribution is 7.13. The number of carbonyl (C=O) groups is 1. The molecule has 112 valence electrons. The van der Waals surface area contributed by atoms with Crippen molar-refractivity contribution in [3.8, 4) is 0 Å². The number of nitrogens with zero attached hydrogens (tertiary/aromatic N) is 3. The summed E-state index contributed by atoms with van der Waals surface area (Å²) in [7, 11) is 0. The Balaban J connectivity index is 1.72. The molecule has 5 nitrogen and oxygen atoms in total. The highest BCUT2D eigenvalue weighted by atomic mass is 32.1. The van der Waals surface area contributed by atoms with Gasteiger partial charge >= 0.3 is 0 Å². The van der Waals surface area contributed by atoms with E-state index in [1.54, 1.807) is 11.3 Å². The number of hydrogen-bond donors (Lipinski definition) is 0. The van der Waals surface area contributed by atoms with E-state index in [-0.39, 0.29) is 11.8 Å². The van der Waals surface area contributed by atoms with Crippen molar-refractivity contribution in [2.24, 2.45) is 0 Å². The topological polar surface area (TPSA) is 59.2 Å². The van der Waals surface area contributed by atoms with Crippen LogP contribution in [-0.4, -0.2) is 34.0 Å². The number of aromatic nitrogens is 2. The van der Waals surface area contributed by atoms with E-state index in [1.807, 2.05) is 30.9 Å². The first kappa shape index (κ1) is 14.3. The number of likely N-dealkylation sites (tertiary alicyclic amines) is 1. The lowest BCUT2D eigenvalue weighted by atomic mass is 9.97. The summed E-state index contributed by atoms with van der Waals surface area (Å²) in [5.74, 6) is 1.72. The molecule has 0 bridgehead atoms. The average Bonchev–Trinajstić information content (AvgIpc) is 3.15. The molecule has 3 rings (SSSR count). The third kappa shape index (κ3) is 3.00. The molecule has 0 saturated carbocycles. The Hall–Kier alpha value is -1.69. The Kier molecular flexibility index (Phi) is 4.05. The fraction of sp³-hybridized carbons (Fsp3) is 0.533. The first-order valence-corrected chi connectivity index (χ1v) is 8.17. The van der Waals surface area contributed by atoms with Gasteiger partial charge in [-0.1, -0.05) is 12.1 Å². The molecule has 1 aliphatic rings. The third-order valence-electron chi connectivity index (χ3n) is 3.81. The van der Waals surface area contributed by atoms with Gasteiger partial charge in [-0.05, 0) is 31.9 Å². The molecule has 1 aliphatic heterocycles. The average molecular weight is 305 g/mol. The Morgan fingerprint density at radius 2 is 2.38 bits per heavy atom. The van der Waals surface area contributed by atoms with E-state index in [4.69, 9.17) is 4.52 Å². The molecule has 1 saturated heterocycles. The van der Waals surface area contributed by atoms with E-state index in [9.17, 15) is 4.79 Å². The molecule has 1 atom stereocenters. The zero-order chi connectivity index (χ0) is 14.8. The molecule has 0 N–H and O–H groups in total. The van der Waals surface area contributed by atoms with Crippen LogP contribution in [0.2, 0.25) is 0 Å². The number of thiophene rings is 1. The van der Waals surface area contributed by atoms with Crippen molar-refractivity contribution in [1.82, 2.24) is 15.0 Å². The molecule has 2 aromatic rings. The smallest absolute Gasteiger partial charge is 0.263 e. The van der Waals surface area contributed by atoms with Crippen LogP contribution in [0, 0.1) is 6.92 Å². The van der Waals surface area contributed by atoms with Gasteiger partial charge in [-0.3, -0.25) is 4.79 Å². The molecule has 1 amide bonds. The minimum absolute atomic E-state index is 0.122. The zero-order valence-electron chi connectivity index (χ0n) is 12.3. The monoisotopic (exact) mass is 305 g/mol. The maximum atomic E-state index is 12.5. The van der Waals surface area contributed by atoms with Gasteiger partial charge in [-0.25, -0.2) is 0 Å². The van der Waals surface area contributed by atoms with Crippen molar-refractivity contribution in [1.29, 1.82) is 0 Å². The molecule has 21 heavy (non-hydrogen) atoms. The number of carbonyl (C=O) groups excluding carboxylic acids is 1. The second-order valence-electron chi connectivity index (χ2n) is 5.40. The van der Waals surface area contributed by atoms with Gasteiger partial charge in [0, 0.05) is 30.3 Å². The lowest BCUT2D eigenvalue weighted by Gasteiger charge is -2.30. The largest absolute Gasteiger partial charge is 0.339 e. The van der Waals surface area contributed by atoms with Crippen molar-refractivity contribution >= 4 is 17.2 Å². The SMILES string of the molecule is CCc1nc([C@H]2CCCN(C(=O)c3ccc(C)s3)C2)no1. The van der Waals surface area contributed by atoms with Gasteiger partial charge in [-0.2, -0.15) is 4.98 Å². The zero-order valence-corrected chi connectivity index (χ0v) is 13.2. The van der Waals surface area contributed by atoms with Gasteiger partial charge in [0.25, 0.3) is 5.91 Å². The van der Waals surface area contributed by atoms with Crippen LogP contribution in [0.25, 0.3) is 0 Å². The van der Waals surface area contributed by atoms with E-state index >= 15 is 0 Å². The lowest BCUT2D eigenvalue weighted by Crippen LogP contribution is -2.39. The van der Waals surface area contributed by atoms with Crippen LogP contribution in [-0.2, 0) is 6.42 Å². The second-order valence-corrected chi connectivity index (χ2v) is 6.69. The molecular formula is C15H19N3O2S. The molecule has 6 heteroatoms. The summed E-state index contributed by atoms with van der Waals surface area (Å²) in [6, 6.07) is 3.90. The number of piperidine rings is 1. The third-order valence-corrected chi connectivity index (χ3v) is 4.80. The van der Waals surface area contributed by atoms with Gasteiger partial charge in [0.15, 0.2) is 5.82 Å². The van der Waals surface area contributed by atoms with Gasteiger partial charge < -0.3 is 9.42 Å². The predicted octanol–water partition coefficient (Wildman–Crippen LogP) is 3.02. The van der Waals surface area contributed by atoms with Crippen molar-refractivity contribution in [3.05, 3.63) is 33.6 Å². The van der Waals surface area contributed by atoms with Crippen LogP contribution in [0.5, 0.6) is 0 Å². The van der Waals surface area contributed by atoms with E-state index in [0.717, 1.165) is 41.4 Å². The van der Waals surface area contributed by atoms with E-state index < -0.39 is 0 Å². The summed E-state index contributed by atoms with van der Waals surface area (Å²) in [5, 5.41) is 4.06. The number of aryl methyl sites for hydroxylation is 2. The minimum atomic E-state index is 0.122. The molecule has 0 spiro atoms. The van der Waals surface area contributed by atoms with Crippen molar-refractivity contribution < 1.29 is 9.32 Å². The normalized spacial score (nSPS) is 19.0. The summed E-state index contributed by atoms with van der Waals surface area (Å²) in [4.78, 5) is 20.8. The van der Waals surface area contributed by atoms with E-state index in [1.165, 1.54) is 0 Å². The maximum absolute atomic E-state index is 12.5. The van der Waals surface area contributed by atoms with Gasteiger partial charge in [0.05, 0.1) is 4.88 Å². The fourth-order valence-electron chi connectivity index (χ4n) is 2.66. The summed E-state index contributed by atoms with van der Waals surface area (Å²) in [5.41, 5.74) is 0. The maximum Gasteiger partial charge on any atom is 0.263 e. The number of rotatable bonds is 3. The molecule has 0 radical (unpaired) electrons. The Morgan fingerprint density at radius 3 is 3.05 bits per heavy atom. The second kappa shape index (κ2) is 5.97.